The highest BCUT2D eigenvalue weighted by molar-refractivity contribution is 5.10. The van der Waals surface area contributed by atoms with E-state index in [0.29, 0.717) is 5.92 Å². The molecule has 1 saturated carbocycles. The van der Waals surface area contributed by atoms with E-state index in [1.54, 1.807) is 12.4 Å². The molecule has 3 heteroatoms. The number of aromatic amines is 1. The van der Waals surface area contributed by atoms with Crippen molar-refractivity contribution in [1.29, 1.82) is 5.26 Å². The maximum atomic E-state index is 9.14. The fraction of sp³-hybridized carbons (Fsp3) is 0.636. The van der Waals surface area contributed by atoms with E-state index in [2.05, 4.69) is 16.0 Å². The lowest BCUT2D eigenvalue weighted by Gasteiger charge is -2.24. The van der Waals surface area contributed by atoms with Crippen LogP contribution < -0.4 is 0 Å². The van der Waals surface area contributed by atoms with Crippen LogP contribution in [0.5, 0.6) is 0 Å². The first-order chi connectivity index (χ1) is 6.92. The molecule has 0 radical (unpaired) electrons. The summed E-state index contributed by atoms with van der Waals surface area (Å²) >= 11 is 0. The summed E-state index contributed by atoms with van der Waals surface area (Å²) in [4.78, 5) is 7.24. The summed E-state index contributed by atoms with van der Waals surface area (Å²) in [5.41, 5.74) is 0. The topological polar surface area (TPSA) is 52.5 Å². The lowest BCUT2D eigenvalue weighted by atomic mass is 9.80. The third-order valence-electron chi connectivity index (χ3n) is 3.07. The van der Waals surface area contributed by atoms with Crippen LogP contribution in [-0.4, -0.2) is 9.97 Å². The maximum absolute atomic E-state index is 9.14. The molecule has 3 nitrogen and oxygen atoms in total. The van der Waals surface area contributed by atoms with Gasteiger partial charge < -0.3 is 4.98 Å². The van der Waals surface area contributed by atoms with Gasteiger partial charge in [-0.3, -0.25) is 0 Å². The van der Waals surface area contributed by atoms with Gasteiger partial charge in [-0.25, -0.2) is 4.98 Å². The first-order valence-corrected chi connectivity index (χ1v) is 5.30. The van der Waals surface area contributed by atoms with E-state index in [1.807, 2.05) is 0 Å². The second-order valence-electron chi connectivity index (χ2n) is 3.98. The van der Waals surface area contributed by atoms with Crippen molar-refractivity contribution < 1.29 is 0 Å². The minimum Gasteiger partial charge on any atom is -0.347 e. The van der Waals surface area contributed by atoms with Gasteiger partial charge in [0.05, 0.1) is 6.07 Å². The highest BCUT2D eigenvalue weighted by atomic mass is 14.9. The number of nitrogens with zero attached hydrogens (tertiary/aromatic N) is 2. The number of nitrogens with one attached hydrogen (secondary N) is 1. The van der Waals surface area contributed by atoms with E-state index in [9.17, 15) is 0 Å². The van der Waals surface area contributed by atoms with Crippen LogP contribution in [0, 0.1) is 17.2 Å². The Labute approximate surface area is 84.2 Å². The molecule has 0 saturated heterocycles. The Hall–Kier alpha value is -1.30. The van der Waals surface area contributed by atoms with E-state index >= 15 is 0 Å². The average molecular weight is 189 g/mol. The zero-order valence-corrected chi connectivity index (χ0v) is 8.24. The molecule has 2 rings (SSSR count). The molecule has 0 spiro atoms. The average Bonchev–Trinajstić information content (AvgIpc) is 2.74. The molecule has 0 amide bonds. The highest BCUT2D eigenvalue weighted by Crippen LogP contribution is 2.34. The third-order valence-corrected chi connectivity index (χ3v) is 3.07. The summed E-state index contributed by atoms with van der Waals surface area (Å²) < 4.78 is 0. The Kier molecular flexibility index (Phi) is 2.83. The Morgan fingerprint density at radius 2 is 2.21 bits per heavy atom. The van der Waals surface area contributed by atoms with Crippen molar-refractivity contribution in [2.24, 2.45) is 5.92 Å². The molecule has 0 bridgehead atoms. The van der Waals surface area contributed by atoms with Crippen molar-refractivity contribution >= 4 is 0 Å². The summed E-state index contributed by atoms with van der Waals surface area (Å²) in [7, 11) is 0. The number of hydrogen-bond donors (Lipinski definition) is 1. The van der Waals surface area contributed by atoms with Crippen LogP contribution in [0.1, 0.15) is 43.8 Å². The maximum Gasteiger partial charge on any atom is 0.123 e. The minimum atomic E-state index is -0.0229. The number of aromatic nitrogens is 2. The Morgan fingerprint density at radius 3 is 2.79 bits per heavy atom. The van der Waals surface area contributed by atoms with E-state index in [1.165, 1.54) is 32.1 Å². The van der Waals surface area contributed by atoms with Gasteiger partial charge in [0.2, 0.25) is 0 Å². The van der Waals surface area contributed by atoms with Gasteiger partial charge in [-0.2, -0.15) is 5.26 Å². The van der Waals surface area contributed by atoms with E-state index < -0.39 is 0 Å². The van der Waals surface area contributed by atoms with Crippen molar-refractivity contribution in [2.45, 2.75) is 38.0 Å². The molecule has 1 aromatic heterocycles. The first kappa shape index (κ1) is 9.26. The highest BCUT2D eigenvalue weighted by Gasteiger charge is 2.26. The minimum absolute atomic E-state index is 0.0229. The van der Waals surface area contributed by atoms with Crippen molar-refractivity contribution in [2.75, 3.05) is 0 Å². The molecule has 1 N–H and O–H groups in total. The van der Waals surface area contributed by atoms with Crippen LogP contribution in [0.4, 0.5) is 0 Å². The van der Waals surface area contributed by atoms with Gasteiger partial charge in [0.1, 0.15) is 11.7 Å². The summed E-state index contributed by atoms with van der Waals surface area (Å²) in [5, 5.41) is 9.14. The van der Waals surface area contributed by atoms with Crippen molar-refractivity contribution in [1.82, 2.24) is 9.97 Å². The summed E-state index contributed by atoms with van der Waals surface area (Å²) in [6.07, 6.45) is 9.74. The van der Waals surface area contributed by atoms with Gasteiger partial charge in [0.15, 0.2) is 0 Å². The largest absolute Gasteiger partial charge is 0.347 e. The van der Waals surface area contributed by atoms with Gasteiger partial charge in [0, 0.05) is 12.4 Å². The van der Waals surface area contributed by atoms with E-state index in [-0.39, 0.29) is 5.92 Å². The number of H-pyrrole nitrogens is 1. The number of rotatable bonds is 2. The lowest BCUT2D eigenvalue weighted by molar-refractivity contribution is 0.330. The smallest absolute Gasteiger partial charge is 0.123 e. The van der Waals surface area contributed by atoms with Crippen molar-refractivity contribution in [3.8, 4) is 6.07 Å². The quantitative estimate of drug-likeness (QED) is 0.777. The molecule has 1 aliphatic carbocycles. The molecule has 1 aliphatic rings. The summed E-state index contributed by atoms with van der Waals surface area (Å²) in [6, 6.07) is 2.38. The van der Waals surface area contributed by atoms with Gasteiger partial charge in [-0.05, 0) is 18.8 Å². The SMILES string of the molecule is N#CC(c1ncc[nH]1)C1CCCCC1. The molecule has 1 atom stereocenters. The van der Waals surface area contributed by atoms with Gasteiger partial charge in [-0.1, -0.05) is 19.3 Å². The van der Waals surface area contributed by atoms with Gasteiger partial charge in [0.25, 0.3) is 0 Å². The molecular formula is C11H15N3. The monoisotopic (exact) mass is 189 g/mol. The Morgan fingerprint density at radius 1 is 1.43 bits per heavy atom. The van der Waals surface area contributed by atoms with Crippen LogP contribution in [0.15, 0.2) is 12.4 Å². The standard InChI is InChI=1S/C11H15N3/c12-8-10(11-13-6-7-14-11)9-4-2-1-3-5-9/h6-7,9-10H,1-5H2,(H,13,14). The molecule has 14 heavy (non-hydrogen) atoms. The fourth-order valence-corrected chi connectivity index (χ4v) is 2.30. The predicted octanol–water partition coefficient (Wildman–Crippen LogP) is 2.60. The summed E-state index contributed by atoms with van der Waals surface area (Å²) in [6.45, 7) is 0. The number of imidazole rings is 1. The molecule has 1 fully saturated rings. The zero-order chi connectivity index (χ0) is 9.80. The van der Waals surface area contributed by atoms with Crippen molar-refractivity contribution in [3.05, 3.63) is 18.2 Å². The molecular weight excluding hydrogens is 174 g/mol. The second-order valence-corrected chi connectivity index (χ2v) is 3.98. The van der Waals surface area contributed by atoms with Crippen molar-refractivity contribution in [3.63, 3.8) is 0 Å². The third kappa shape index (κ3) is 1.79. The number of nitriles is 1. The van der Waals surface area contributed by atoms with Crippen LogP contribution in [0.2, 0.25) is 0 Å². The van der Waals surface area contributed by atoms with Crippen LogP contribution in [0.3, 0.4) is 0 Å². The summed E-state index contributed by atoms with van der Waals surface area (Å²) in [5.74, 6) is 1.34. The normalized spacial score (nSPS) is 20.2. The first-order valence-electron chi connectivity index (χ1n) is 5.30. The van der Waals surface area contributed by atoms with E-state index in [4.69, 9.17) is 5.26 Å². The lowest BCUT2D eigenvalue weighted by Crippen LogP contribution is -2.16. The fourth-order valence-electron chi connectivity index (χ4n) is 2.30. The van der Waals surface area contributed by atoms with Crippen LogP contribution in [0.25, 0.3) is 0 Å². The molecule has 1 heterocycles. The molecule has 1 unspecified atom stereocenters. The van der Waals surface area contributed by atoms with Gasteiger partial charge >= 0.3 is 0 Å². The molecule has 74 valence electrons. The second kappa shape index (κ2) is 4.28. The molecule has 0 aromatic carbocycles. The Bertz CT molecular complexity index is 304. The van der Waals surface area contributed by atoms with Crippen LogP contribution >= 0.6 is 0 Å². The van der Waals surface area contributed by atoms with Crippen LogP contribution in [-0.2, 0) is 0 Å². The van der Waals surface area contributed by atoms with E-state index in [0.717, 1.165) is 5.82 Å². The predicted molar refractivity (Wildman–Crippen MR) is 53.5 cm³/mol. The Balaban J connectivity index is 2.09. The molecule has 0 aliphatic heterocycles. The molecule has 1 aromatic rings. The zero-order valence-electron chi connectivity index (χ0n) is 8.24. The number of hydrogen-bond acceptors (Lipinski definition) is 2. The van der Waals surface area contributed by atoms with Gasteiger partial charge in [-0.15, -0.1) is 0 Å².